The molecule has 1 heterocycles. The van der Waals surface area contributed by atoms with Gasteiger partial charge in [-0.05, 0) is 34.1 Å². The highest BCUT2D eigenvalue weighted by atomic mass is 79.9. The summed E-state index contributed by atoms with van der Waals surface area (Å²) in [5.74, 6) is -0.326. The Hall–Kier alpha value is 0.0600. The van der Waals surface area contributed by atoms with Crippen molar-refractivity contribution < 1.29 is 4.39 Å². The summed E-state index contributed by atoms with van der Waals surface area (Å²) < 4.78 is 15.2. The molecule has 1 nitrogen and oxygen atoms in total. The molecule has 0 spiro atoms. The molecule has 0 aliphatic carbocycles. The van der Waals surface area contributed by atoms with Gasteiger partial charge in [0.05, 0.1) is 14.9 Å². The molecule has 1 atom stereocenters. The van der Waals surface area contributed by atoms with Crippen LogP contribution in [0, 0.1) is 5.82 Å². The largest absolute Gasteiger partial charge is 0.320 e. The van der Waals surface area contributed by atoms with E-state index in [2.05, 4.69) is 31.9 Å². The monoisotopic (exact) mass is 397 g/mol. The van der Waals surface area contributed by atoms with Gasteiger partial charge in [0.15, 0.2) is 0 Å². The molecule has 1 unspecified atom stereocenters. The second kappa shape index (κ2) is 5.36. The predicted molar refractivity (Wildman–Crippen MR) is 77.2 cm³/mol. The topological polar surface area (TPSA) is 26.0 Å². The Bertz CT molecular complexity index is 539. The van der Waals surface area contributed by atoms with E-state index in [0.29, 0.717) is 15.1 Å². The zero-order valence-corrected chi connectivity index (χ0v) is 13.1. The fraction of sp³-hybridized carbons (Fsp3) is 0.0909. The van der Waals surface area contributed by atoms with Crippen molar-refractivity contribution in [3.05, 3.63) is 53.8 Å². The third-order valence-corrected chi connectivity index (χ3v) is 5.32. The highest BCUT2D eigenvalue weighted by Crippen LogP contribution is 2.37. The Labute approximate surface area is 124 Å². The van der Waals surface area contributed by atoms with Crippen molar-refractivity contribution in [2.45, 2.75) is 6.04 Å². The average molecular weight is 400 g/mol. The van der Waals surface area contributed by atoms with Crippen molar-refractivity contribution in [3.8, 4) is 0 Å². The van der Waals surface area contributed by atoms with Crippen LogP contribution in [0.4, 0.5) is 4.39 Å². The van der Waals surface area contributed by atoms with Crippen LogP contribution in [0.3, 0.4) is 0 Å². The number of hydrogen-bond acceptors (Lipinski definition) is 2. The van der Waals surface area contributed by atoms with Gasteiger partial charge in [-0.1, -0.05) is 33.6 Å². The summed E-state index contributed by atoms with van der Waals surface area (Å²) in [7, 11) is 0. The van der Waals surface area contributed by atoms with Gasteiger partial charge < -0.3 is 5.73 Å². The number of thiophene rings is 1. The van der Waals surface area contributed by atoms with E-state index in [4.69, 9.17) is 17.3 Å². The van der Waals surface area contributed by atoms with Crippen LogP contribution in [0.5, 0.6) is 0 Å². The lowest BCUT2D eigenvalue weighted by Crippen LogP contribution is -2.12. The molecule has 1 aromatic carbocycles. The third-order valence-electron chi connectivity index (χ3n) is 2.27. The Balaban J connectivity index is 2.39. The highest BCUT2D eigenvalue weighted by molar-refractivity contribution is 9.11. The first-order valence-corrected chi connectivity index (χ1v) is 7.42. The smallest absolute Gasteiger partial charge is 0.129 e. The van der Waals surface area contributed by atoms with Crippen molar-refractivity contribution in [3.63, 3.8) is 0 Å². The van der Waals surface area contributed by atoms with E-state index in [-0.39, 0.29) is 5.82 Å². The van der Waals surface area contributed by atoms with Crippen LogP contribution >= 0.6 is 54.8 Å². The molecule has 0 aliphatic heterocycles. The van der Waals surface area contributed by atoms with E-state index in [1.54, 1.807) is 18.2 Å². The Morgan fingerprint density at radius 3 is 2.53 bits per heavy atom. The lowest BCUT2D eigenvalue weighted by atomic mass is 10.1. The maximum atomic E-state index is 13.7. The van der Waals surface area contributed by atoms with Gasteiger partial charge in [-0.3, -0.25) is 0 Å². The second-order valence-corrected chi connectivity index (χ2v) is 7.14. The number of nitrogens with two attached hydrogens (primary N) is 1. The minimum Gasteiger partial charge on any atom is -0.320 e. The van der Waals surface area contributed by atoms with Crippen molar-refractivity contribution >= 4 is 54.8 Å². The van der Waals surface area contributed by atoms with Crippen LogP contribution < -0.4 is 5.73 Å². The van der Waals surface area contributed by atoms with E-state index in [1.807, 2.05) is 0 Å². The summed E-state index contributed by atoms with van der Waals surface area (Å²) in [6.07, 6.45) is 0. The van der Waals surface area contributed by atoms with Crippen molar-refractivity contribution in [1.82, 2.24) is 0 Å². The quantitative estimate of drug-likeness (QED) is 0.746. The first kappa shape index (κ1) is 13.5. The van der Waals surface area contributed by atoms with E-state index >= 15 is 0 Å². The van der Waals surface area contributed by atoms with Crippen molar-refractivity contribution in [2.24, 2.45) is 5.73 Å². The summed E-state index contributed by atoms with van der Waals surface area (Å²) in [4.78, 5) is 0.822. The minimum absolute atomic E-state index is 0.326. The summed E-state index contributed by atoms with van der Waals surface area (Å²) in [5.41, 5.74) is 6.48. The molecule has 0 aliphatic rings. The highest BCUT2D eigenvalue weighted by Gasteiger charge is 2.17. The molecule has 2 aromatic rings. The predicted octanol–water partition coefficient (Wildman–Crippen LogP) is 5.11. The van der Waals surface area contributed by atoms with Crippen LogP contribution in [-0.2, 0) is 0 Å². The molecule has 0 saturated carbocycles. The Kier molecular flexibility index (Phi) is 4.26. The molecule has 90 valence electrons. The van der Waals surface area contributed by atoms with Crippen LogP contribution in [0.15, 0.2) is 32.5 Å². The van der Waals surface area contributed by atoms with E-state index in [0.717, 1.165) is 8.66 Å². The third kappa shape index (κ3) is 2.90. The van der Waals surface area contributed by atoms with Crippen LogP contribution in [0.2, 0.25) is 5.02 Å². The van der Waals surface area contributed by atoms with Gasteiger partial charge in [0, 0.05) is 14.9 Å². The summed E-state index contributed by atoms with van der Waals surface area (Å²) >= 11 is 13.9. The molecule has 0 radical (unpaired) electrons. The van der Waals surface area contributed by atoms with Crippen LogP contribution in [0.25, 0.3) is 0 Å². The van der Waals surface area contributed by atoms with Gasteiger partial charge in [-0.25, -0.2) is 4.39 Å². The zero-order chi connectivity index (χ0) is 12.6. The van der Waals surface area contributed by atoms with E-state index in [9.17, 15) is 4.39 Å². The summed E-state index contributed by atoms with van der Waals surface area (Å²) in [6, 6.07) is 6.09. The summed E-state index contributed by atoms with van der Waals surface area (Å²) in [6.45, 7) is 0. The van der Waals surface area contributed by atoms with Gasteiger partial charge in [-0.15, -0.1) is 11.3 Å². The molecule has 17 heavy (non-hydrogen) atoms. The Morgan fingerprint density at radius 1 is 1.29 bits per heavy atom. The van der Waals surface area contributed by atoms with Gasteiger partial charge in [0.1, 0.15) is 5.82 Å². The van der Waals surface area contributed by atoms with Crippen LogP contribution in [0.1, 0.15) is 16.5 Å². The lowest BCUT2D eigenvalue weighted by molar-refractivity contribution is 0.600. The van der Waals surface area contributed by atoms with Crippen molar-refractivity contribution in [2.75, 3.05) is 0 Å². The van der Waals surface area contributed by atoms with E-state index in [1.165, 1.54) is 17.4 Å². The molecular weight excluding hydrogens is 392 g/mol. The fourth-order valence-electron chi connectivity index (χ4n) is 1.42. The minimum atomic E-state index is -0.503. The molecular formula is C11H7Br2ClFNS. The second-order valence-electron chi connectivity index (χ2n) is 3.41. The maximum absolute atomic E-state index is 13.7. The van der Waals surface area contributed by atoms with Gasteiger partial charge in [0.2, 0.25) is 0 Å². The first-order chi connectivity index (χ1) is 7.99. The standard InChI is InChI=1S/C11H7Br2ClFNS/c12-5-1-2-6(8(15)3-5)10(16)9-4-7(14)11(13)17-9/h1-4,10H,16H2. The van der Waals surface area contributed by atoms with Crippen LogP contribution in [-0.4, -0.2) is 0 Å². The van der Waals surface area contributed by atoms with Crippen molar-refractivity contribution in [1.29, 1.82) is 0 Å². The molecule has 1 aromatic heterocycles. The molecule has 0 bridgehead atoms. The number of rotatable bonds is 2. The number of halogens is 4. The molecule has 0 saturated heterocycles. The molecule has 0 fully saturated rings. The Morgan fingerprint density at radius 2 is 2.00 bits per heavy atom. The van der Waals surface area contributed by atoms with E-state index < -0.39 is 6.04 Å². The number of benzene rings is 1. The molecule has 6 heteroatoms. The molecule has 0 amide bonds. The normalized spacial score (nSPS) is 12.8. The fourth-order valence-corrected chi connectivity index (χ4v) is 3.52. The molecule has 2 rings (SSSR count). The van der Waals surface area contributed by atoms with Gasteiger partial charge in [-0.2, -0.15) is 0 Å². The number of hydrogen-bond donors (Lipinski definition) is 1. The van der Waals surface area contributed by atoms with Gasteiger partial charge >= 0.3 is 0 Å². The average Bonchev–Trinajstić information content (AvgIpc) is 2.58. The zero-order valence-electron chi connectivity index (χ0n) is 8.38. The SMILES string of the molecule is NC(c1cc(Cl)c(Br)s1)c1ccc(Br)cc1F. The maximum Gasteiger partial charge on any atom is 0.129 e. The molecule has 2 N–H and O–H groups in total. The summed E-state index contributed by atoms with van der Waals surface area (Å²) in [5, 5.41) is 0.595. The first-order valence-electron chi connectivity index (χ1n) is 4.64. The van der Waals surface area contributed by atoms with Gasteiger partial charge in [0.25, 0.3) is 0 Å². The lowest BCUT2D eigenvalue weighted by Gasteiger charge is -2.11.